The molecule has 3 atom stereocenters. The van der Waals surface area contributed by atoms with Crippen LogP contribution in [0.4, 0.5) is 0 Å². The number of hydrogen-bond donors (Lipinski definition) is 0. The van der Waals surface area contributed by atoms with Crippen LogP contribution in [0, 0.1) is 28.6 Å². The molecule has 3 fully saturated rings. The first-order chi connectivity index (χ1) is 6.36. The van der Waals surface area contributed by atoms with Gasteiger partial charge in [0.05, 0.1) is 0 Å². The summed E-state index contributed by atoms with van der Waals surface area (Å²) in [5.41, 5.74) is 1.31. The Bertz CT molecular complexity index is 224. The van der Waals surface area contributed by atoms with Crippen molar-refractivity contribution in [2.75, 3.05) is 0 Å². The minimum absolute atomic E-state index is 0.655. The quantitative estimate of drug-likeness (QED) is 0.607. The number of hydrogen-bond acceptors (Lipinski definition) is 0. The molecule has 0 N–H and O–H groups in total. The highest BCUT2D eigenvalue weighted by Gasteiger charge is 2.58. The lowest BCUT2D eigenvalue weighted by Gasteiger charge is -2.65. The highest BCUT2D eigenvalue weighted by atomic mass is 14.6. The summed E-state index contributed by atoms with van der Waals surface area (Å²) >= 11 is 0. The van der Waals surface area contributed by atoms with Crippen LogP contribution in [0.25, 0.3) is 0 Å². The minimum Gasteiger partial charge on any atom is -0.0628 e. The third-order valence-electron chi connectivity index (χ3n) is 5.25. The summed E-state index contributed by atoms with van der Waals surface area (Å²) in [6, 6.07) is 0. The standard InChI is InChI=1S/C14H26/c1-10(2)9-14(5)7-6-11-8-12(14)13(11,3)4/h10-12H,6-9H2,1-5H3. The molecular formula is C14H26. The van der Waals surface area contributed by atoms with E-state index in [9.17, 15) is 0 Å². The summed E-state index contributed by atoms with van der Waals surface area (Å²) in [5, 5.41) is 0. The molecule has 3 aliphatic rings. The van der Waals surface area contributed by atoms with Gasteiger partial charge < -0.3 is 0 Å². The first-order valence-corrected chi connectivity index (χ1v) is 6.36. The summed E-state index contributed by atoms with van der Waals surface area (Å²) in [5.74, 6) is 2.93. The number of rotatable bonds is 2. The van der Waals surface area contributed by atoms with Crippen LogP contribution < -0.4 is 0 Å². The first-order valence-electron chi connectivity index (χ1n) is 6.36. The van der Waals surface area contributed by atoms with E-state index in [0.717, 1.165) is 17.8 Å². The van der Waals surface area contributed by atoms with Crippen molar-refractivity contribution in [2.24, 2.45) is 28.6 Å². The topological polar surface area (TPSA) is 0 Å². The van der Waals surface area contributed by atoms with E-state index in [2.05, 4.69) is 34.6 Å². The average molecular weight is 194 g/mol. The number of fused-ring (bicyclic) bond motifs is 2. The molecule has 0 saturated heterocycles. The maximum absolute atomic E-state index is 2.55. The van der Waals surface area contributed by atoms with Crippen molar-refractivity contribution in [2.45, 2.75) is 60.3 Å². The van der Waals surface area contributed by atoms with Crippen LogP contribution >= 0.6 is 0 Å². The largest absolute Gasteiger partial charge is 0.0628 e. The Morgan fingerprint density at radius 2 is 1.86 bits per heavy atom. The molecule has 0 aliphatic heterocycles. The molecule has 0 nitrogen and oxygen atoms in total. The third kappa shape index (κ3) is 1.33. The van der Waals surface area contributed by atoms with Gasteiger partial charge in [0.1, 0.15) is 0 Å². The lowest BCUT2D eigenvalue weighted by Crippen LogP contribution is -2.57. The van der Waals surface area contributed by atoms with Crippen molar-refractivity contribution in [3.05, 3.63) is 0 Å². The van der Waals surface area contributed by atoms with Crippen LogP contribution in [-0.4, -0.2) is 0 Å². The van der Waals surface area contributed by atoms with E-state index in [0.29, 0.717) is 10.8 Å². The monoisotopic (exact) mass is 194 g/mol. The van der Waals surface area contributed by atoms with E-state index < -0.39 is 0 Å². The van der Waals surface area contributed by atoms with Gasteiger partial charge in [-0.25, -0.2) is 0 Å². The second-order valence-corrected chi connectivity index (χ2v) is 7.10. The van der Waals surface area contributed by atoms with Crippen molar-refractivity contribution in [3.8, 4) is 0 Å². The van der Waals surface area contributed by atoms with Crippen molar-refractivity contribution < 1.29 is 0 Å². The third-order valence-corrected chi connectivity index (χ3v) is 5.25. The zero-order valence-electron chi connectivity index (χ0n) is 10.6. The lowest BCUT2D eigenvalue weighted by molar-refractivity contribution is -0.155. The van der Waals surface area contributed by atoms with Gasteiger partial charge >= 0.3 is 0 Å². The normalized spacial score (nSPS) is 45.0. The van der Waals surface area contributed by atoms with E-state index in [4.69, 9.17) is 0 Å². The predicted octanol–water partition coefficient (Wildman–Crippen LogP) is 4.49. The predicted molar refractivity (Wildman–Crippen MR) is 62.2 cm³/mol. The summed E-state index contributed by atoms with van der Waals surface area (Å²) in [7, 11) is 0. The van der Waals surface area contributed by atoms with Gasteiger partial charge in [-0.1, -0.05) is 34.6 Å². The molecule has 0 spiro atoms. The van der Waals surface area contributed by atoms with Crippen LogP contribution in [0.1, 0.15) is 60.3 Å². The molecule has 3 aliphatic carbocycles. The van der Waals surface area contributed by atoms with Gasteiger partial charge in [0.2, 0.25) is 0 Å². The first kappa shape index (κ1) is 10.5. The van der Waals surface area contributed by atoms with E-state index in [1.54, 1.807) is 0 Å². The molecule has 82 valence electrons. The minimum atomic E-state index is 0.655. The van der Waals surface area contributed by atoms with Crippen LogP contribution in [0.2, 0.25) is 0 Å². The van der Waals surface area contributed by atoms with Gasteiger partial charge in [0.15, 0.2) is 0 Å². The average Bonchev–Trinajstić information content (AvgIpc) is 2.00. The Morgan fingerprint density at radius 1 is 1.21 bits per heavy atom. The van der Waals surface area contributed by atoms with Crippen molar-refractivity contribution in [3.63, 3.8) is 0 Å². The molecule has 0 aromatic heterocycles. The summed E-state index contributed by atoms with van der Waals surface area (Å²) in [6.45, 7) is 12.3. The van der Waals surface area contributed by atoms with Gasteiger partial charge in [-0.3, -0.25) is 0 Å². The molecule has 3 saturated carbocycles. The molecule has 0 heteroatoms. The Balaban J connectivity index is 2.13. The van der Waals surface area contributed by atoms with Crippen molar-refractivity contribution in [1.29, 1.82) is 0 Å². The molecule has 3 rings (SSSR count). The van der Waals surface area contributed by atoms with E-state index in [1.807, 2.05) is 0 Å². The lowest BCUT2D eigenvalue weighted by atomic mass is 9.40. The molecule has 0 aromatic rings. The fourth-order valence-electron chi connectivity index (χ4n) is 4.54. The highest BCUT2D eigenvalue weighted by molar-refractivity contribution is 5.08. The summed E-state index contributed by atoms with van der Waals surface area (Å²) in [6.07, 6.45) is 5.95. The van der Waals surface area contributed by atoms with Crippen LogP contribution in [0.3, 0.4) is 0 Å². The molecular weight excluding hydrogens is 168 g/mol. The second-order valence-electron chi connectivity index (χ2n) is 7.10. The Morgan fingerprint density at radius 3 is 2.29 bits per heavy atom. The molecule has 0 amide bonds. The maximum Gasteiger partial charge on any atom is -0.0290 e. The van der Waals surface area contributed by atoms with Crippen LogP contribution in [0.5, 0.6) is 0 Å². The Hall–Kier alpha value is 0. The molecule has 0 heterocycles. The maximum atomic E-state index is 2.55. The zero-order chi connectivity index (χ0) is 10.6. The Labute approximate surface area is 89.5 Å². The Kier molecular flexibility index (Phi) is 2.25. The van der Waals surface area contributed by atoms with Gasteiger partial charge in [0.25, 0.3) is 0 Å². The molecule has 3 unspecified atom stereocenters. The second kappa shape index (κ2) is 3.00. The molecule has 0 aromatic carbocycles. The van der Waals surface area contributed by atoms with Gasteiger partial charge in [-0.05, 0) is 54.3 Å². The van der Waals surface area contributed by atoms with E-state index >= 15 is 0 Å². The SMILES string of the molecule is CC(C)CC1(C)CCC2CC1C2(C)C. The van der Waals surface area contributed by atoms with Gasteiger partial charge in [0, 0.05) is 0 Å². The summed E-state index contributed by atoms with van der Waals surface area (Å²) < 4.78 is 0. The van der Waals surface area contributed by atoms with Crippen LogP contribution in [0.15, 0.2) is 0 Å². The van der Waals surface area contributed by atoms with E-state index in [1.165, 1.54) is 25.7 Å². The van der Waals surface area contributed by atoms with Gasteiger partial charge in [-0.2, -0.15) is 0 Å². The smallest absolute Gasteiger partial charge is 0.0290 e. The fourth-order valence-corrected chi connectivity index (χ4v) is 4.54. The van der Waals surface area contributed by atoms with E-state index in [-0.39, 0.29) is 0 Å². The van der Waals surface area contributed by atoms with Crippen molar-refractivity contribution >= 4 is 0 Å². The fraction of sp³-hybridized carbons (Fsp3) is 1.00. The molecule has 14 heavy (non-hydrogen) atoms. The summed E-state index contributed by atoms with van der Waals surface area (Å²) in [4.78, 5) is 0. The van der Waals surface area contributed by atoms with Crippen LogP contribution in [-0.2, 0) is 0 Å². The van der Waals surface area contributed by atoms with Crippen molar-refractivity contribution in [1.82, 2.24) is 0 Å². The molecule has 2 bridgehead atoms. The highest BCUT2D eigenvalue weighted by Crippen LogP contribution is 2.67. The zero-order valence-corrected chi connectivity index (χ0v) is 10.6. The molecule has 0 radical (unpaired) electrons. The van der Waals surface area contributed by atoms with Gasteiger partial charge in [-0.15, -0.1) is 0 Å².